The molecule has 0 amide bonds. The zero-order valence-electron chi connectivity index (χ0n) is 8.45. The molecule has 0 spiro atoms. The van der Waals surface area contributed by atoms with Crippen LogP contribution in [0.3, 0.4) is 0 Å². The van der Waals surface area contributed by atoms with E-state index in [4.69, 9.17) is 4.42 Å². The molecule has 15 heavy (non-hydrogen) atoms. The smallest absolute Gasteiger partial charge is 0.170 e. The largest absolute Gasteiger partial charge is 0.447 e. The second-order valence-corrected chi connectivity index (χ2v) is 4.83. The van der Waals surface area contributed by atoms with E-state index in [1.54, 1.807) is 11.3 Å². The average molecular weight is 287 g/mol. The second-order valence-electron chi connectivity index (χ2n) is 3.19. The first-order valence-electron chi connectivity index (χ1n) is 4.59. The minimum absolute atomic E-state index is 0.272. The van der Waals surface area contributed by atoms with Crippen molar-refractivity contribution < 1.29 is 4.42 Å². The van der Waals surface area contributed by atoms with Crippen molar-refractivity contribution in [1.29, 1.82) is 0 Å². The average Bonchev–Trinajstić information content (AvgIpc) is 2.84. The minimum atomic E-state index is 0.272. The van der Waals surface area contributed by atoms with Gasteiger partial charge >= 0.3 is 0 Å². The first-order valence-corrected chi connectivity index (χ1v) is 6.26. The van der Waals surface area contributed by atoms with Crippen molar-refractivity contribution in [2.75, 3.05) is 7.05 Å². The van der Waals surface area contributed by atoms with Crippen LogP contribution in [0.4, 0.5) is 0 Å². The molecule has 0 saturated heterocycles. The second kappa shape index (κ2) is 4.47. The van der Waals surface area contributed by atoms with Crippen LogP contribution in [-0.2, 0) is 0 Å². The van der Waals surface area contributed by atoms with Gasteiger partial charge in [-0.25, -0.2) is 4.98 Å². The van der Waals surface area contributed by atoms with E-state index in [1.807, 2.05) is 24.6 Å². The predicted molar refractivity (Wildman–Crippen MR) is 65.0 cm³/mol. The maximum absolute atomic E-state index is 5.44. The topological polar surface area (TPSA) is 38.1 Å². The summed E-state index contributed by atoms with van der Waals surface area (Å²) in [6.45, 7) is 2.08. The van der Waals surface area contributed by atoms with Gasteiger partial charge < -0.3 is 9.73 Å². The lowest BCUT2D eigenvalue weighted by Gasteiger charge is -2.04. The van der Waals surface area contributed by atoms with Crippen LogP contribution in [-0.4, -0.2) is 12.0 Å². The maximum Gasteiger partial charge on any atom is 0.170 e. The van der Waals surface area contributed by atoms with Crippen molar-refractivity contribution in [2.24, 2.45) is 0 Å². The summed E-state index contributed by atoms with van der Waals surface area (Å²) < 4.78 is 6.17. The lowest BCUT2D eigenvalue weighted by Crippen LogP contribution is -2.12. The standard InChI is InChI=1S/C10H11BrN2OS/c1-6(12-2)7-5-15-10(13-7)8-3-4-9(11)14-8/h3-6,12H,1-2H3. The van der Waals surface area contributed by atoms with Crippen molar-refractivity contribution in [1.82, 2.24) is 10.3 Å². The summed E-state index contributed by atoms with van der Waals surface area (Å²) in [5.41, 5.74) is 1.05. The van der Waals surface area contributed by atoms with Gasteiger partial charge in [-0.1, -0.05) is 0 Å². The van der Waals surface area contributed by atoms with E-state index in [0.29, 0.717) is 0 Å². The summed E-state index contributed by atoms with van der Waals surface area (Å²) in [5.74, 6) is 0.807. The number of thiazole rings is 1. The summed E-state index contributed by atoms with van der Waals surface area (Å²) >= 11 is 4.87. The molecule has 80 valence electrons. The molecular weight excluding hydrogens is 276 g/mol. The van der Waals surface area contributed by atoms with E-state index in [9.17, 15) is 0 Å². The van der Waals surface area contributed by atoms with Crippen LogP contribution in [0.15, 0.2) is 26.6 Å². The molecule has 1 atom stereocenters. The van der Waals surface area contributed by atoms with Crippen LogP contribution in [0.1, 0.15) is 18.7 Å². The molecule has 2 heterocycles. The molecule has 0 radical (unpaired) electrons. The Kier molecular flexibility index (Phi) is 3.23. The van der Waals surface area contributed by atoms with Gasteiger partial charge in [-0.3, -0.25) is 0 Å². The van der Waals surface area contributed by atoms with Crippen LogP contribution in [0.25, 0.3) is 10.8 Å². The molecular formula is C10H11BrN2OS. The van der Waals surface area contributed by atoms with Crippen LogP contribution < -0.4 is 5.32 Å². The zero-order chi connectivity index (χ0) is 10.8. The van der Waals surface area contributed by atoms with E-state index in [2.05, 4.69) is 33.2 Å². The predicted octanol–water partition coefficient (Wildman–Crippen LogP) is 3.45. The van der Waals surface area contributed by atoms with Crippen LogP contribution in [0, 0.1) is 0 Å². The highest BCUT2D eigenvalue weighted by molar-refractivity contribution is 9.10. The molecule has 0 aromatic carbocycles. The number of furan rings is 1. The van der Waals surface area contributed by atoms with Crippen LogP contribution >= 0.6 is 27.3 Å². The first kappa shape index (κ1) is 10.9. The van der Waals surface area contributed by atoms with Crippen molar-refractivity contribution in [3.05, 3.63) is 27.9 Å². The Hall–Kier alpha value is -0.650. The van der Waals surface area contributed by atoms with E-state index in [1.165, 1.54) is 0 Å². The number of aromatic nitrogens is 1. The molecule has 0 bridgehead atoms. The number of nitrogens with zero attached hydrogens (tertiary/aromatic N) is 1. The minimum Gasteiger partial charge on any atom is -0.447 e. The lowest BCUT2D eigenvalue weighted by molar-refractivity contribution is 0.554. The summed E-state index contributed by atoms with van der Waals surface area (Å²) in [7, 11) is 1.92. The fourth-order valence-electron chi connectivity index (χ4n) is 1.18. The molecule has 0 saturated carbocycles. The third-order valence-corrected chi connectivity index (χ3v) is 3.48. The summed E-state index contributed by atoms with van der Waals surface area (Å²) in [4.78, 5) is 4.51. The van der Waals surface area contributed by atoms with Crippen molar-refractivity contribution in [3.8, 4) is 10.8 Å². The Morgan fingerprint density at radius 3 is 2.93 bits per heavy atom. The van der Waals surface area contributed by atoms with Gasteiger partial charge in [0, 0.05) is 11.4 Å². The number of halogens is 1. The van der Waals surface area contributed by atoms with Gasteiger partial charge in [-0.2, -0.15) is 0 Å². The molecule has 5 heteroatoms. The summed E-state index contributed by atoms with van der Waals surface area (Å²) in [6.07, 6.45) is 0. The van der Waals surface area contributed by atoms with Gasteiger partial charge in [0.15, 0.2) is 15.4 Å². The molecule has 3 nitrogen and oxygen atoms in total. The highest BCUT2D eigenvalue weighted by atomic mass is 79.9. The molecule has 0 fully saturated rings. The van der Waals surface area contributed by atoms with Crippen molar-refractivity contribution in [3.63, 3.8) is 0 Å². The number of rotatable bonds is 3. The first-order chi connectivity index (χ1) is 7.20. The number of hydrogen-bond acceptors (Lipinski definition) is 4. The van der Waals surface area contributed by atoms with Crippen LogP contribution in [0.5, 0.6) is 0 Å². The molecule has 2 aromatic heterocycles. The molecule has 2 rings (SSSR count). The Labute approximate surface area is 101 Å². The highest BCUT2D eigenvalue weighted by Crippen LogP contribution is 2.29. The number of hydrogen-bond donors (Lipinski definition) is 1. The molecule has 0 aliphatic heterocycles. The SMILES string of the molecule is CNC(C)c1csc(-c2ccc(Br)o2)n1. The highest BCUT2D eigenvalue weighted by Gasteiger charge is 2.11. The molecule has 2 aromatic rings. The molecule has 1 N–H and O–H groups in total. The molecule has 0 aliphatic carbocycles. The summed E-state index contributed by atoms with van der Waals surface area (Å²) in [6, 6.07) is 4.06. The van der Waals surface area contributed by atoms with Gasteiger partial charge in [-0.05, 0) is 42.0 Å². The van der Waals surface area contributed by atoms with Gasteiger partial charge in [0.05, 0.1) is 5.69 Å². The molecule has 0 aliphatic rings. The number of nitrogens with one attached hydrogen (secondary N) is 1. The normalized spacial score (nSPS) is 13.0. The fourth-order valence-corrected chi connectivity index (χ4v) is 2.36. The van der Waals surface area contributed by atoms with Gasteiger partial charge in [0.25, 0.3) is 0 Å². The van der Waals surface area contributed by atoms with E-state index in [-0.39, 0.29) is 6.04 Å². The Morgan fingerprint density at radius 1 is 1.53 bits per heavy atom. The van der Waals surface area contributed by atoms with Crippen molar-refractivity contribution in [2.45, 2.75) is 13.0 Å². The van der Waals surface area contributed by atoms with E-state index in [0.717, 1.165) is 21.1 Å². The monoisotopic (exact) mass is 286 g/mol. The maximum atomic E-state index is 5.44. The summed E-state index contributed by atoms with van der Waals surface area (Å²) in [5, 5.41) is 6.12. The Bertz CT molecular complexity index is 452. The molecule has 1 unspecified atom stereocenters. The quantitative estimate of drug-likeness (QED) is 0.939. The zero-order valence-corrected chi connectivity index (χ0v) is 10.9. The van der Waals surface area contributed by atoms with E-state index >= 15 is 0 Å². The van der Waals surface area contributed by atoms with E-state index < -0.39 is 0 Å². The fraction of sp³-hybridized carbons (Fsp3) is 0.300. The Balaban J connectivity index is 2.27. The third kappa shape index (κ3) is 2.30. The third-order valence-electron chi connectivity index (χ3n) is 2.18. The van der Waals surface area contributed by atoms with Crippen LogP contribution in [0.2, 0.25) is 0 Å². The van der Waals surface area contributed by atoms with Crippen molar-refractivity contribution >= 4 is 27.3 Å². The Morgan fingerprint density at radius 2 is 2.33 bits per heavy atom. The lowest BCUT2D eigenvalue weighted by atomic mass is 10.3. The van der Waals surface area contributed by atoms with Gasteiger partial charge in [-0.15, -0.1) is 11.3 Å². The van der Waals surface area contributed by atoms with Gasteiger partial charge in [0.2, 0.25) is 0 Å². The van der Waals surface area contributed by atoms with Gasteiger partial charge in [0.1, 0.15) is 0 Å².